The Kier molecular flexibility index (Phi) is 10.2. The number of alkyl halides is 3. The molecule has 2 rings (SSSR count). The predicted octanol–water partition coefficient (Wildman–Crippen LogP) is 4.13. The second-order valence-corrected chi connectivity index (χ2v) is 10.3. The van der Waals surface area contributed by atoms with E-state index in [2.05, 4.69) is 5.10 Å². The first-order chi connectivity index (χ1) is 16.3. The van der Waals surface area contributed by atoms with Gasteiger partial charge in [0.25, 0.3) is 5.91 Å². The average Bonchev–Trinajstić information content (AvgIpc) is 3.13. The van der Waals surface area contributed by atoms with Crippen molar-refractivity contribution in [3.05, 3.63) is 52.2 Å². The van der Waals surface area contributed by atoms with Crippen molar-refractivity contribution in [3.8, 4) is 5.88 Å². The van der Waals surface area contributed by atoms with Gasteiger partial charge < -0.3 is 9.47 Å². The lowest BCUT2D eigenvalue weighted by atomic mass is 10.1. The molecule has 0 saturated carbocycles. The number of methoxy groups -OCH3 is 1. The molecule has 1 N–H and O–H groups in total. The van der Waals surface area contributed by atoms with Crippen LogP contribution in [0.2, 0.25) is 5.02 Å². The Labute approximate surface area is 207 Å². The molecule has 0 fully saturated rings. The van der Waals surface area contributed by atoms with Crippen molar-refractivity contribution in [1.29, 1.82) is 0 Å². The van der Waals surface area contributed by atoms with E-state index in [0.29, 0.717) is 24.3 Å². The second kappa shape index (κ2) is 12.4. The number of halogens is 4. The molecule has 194 valence electrons. The SMILES string of the molecule is COCCOc1cc(C=CC(=O)NS(=O)(=O)CCC(C)C)n(Cc2ccc(C(F)(F)F)cc2Cl)n1. The summed E-state index contributed by atoms with van der Waals surface area (Å²) < 4.78 is 76.6. The van der Waals surface area contributed by atoms with Gasteiger partial charge in [-0.2, -0.15) is 13.2 Å². The Morgan fingerprint density at radius 2 is 1.97 bits per heavy atom. The van der Waals surface area contributed by atoms with E-state index < -0.39 is 27.7 Å². The van der Waals surface area contributed by atoms with E-state index in [1.54, 1.807) is 0 Å². The molecule has 1 aromatic heterocycles. The van der Waals surface area contributed by atoms with Crippen molar-refractivity contribution in [2.75, 3.05) is 26.1 Å². The standard InChI is InChI=1S/C22H27ClF3N3O5S/c1-15(2)8-11-35(31,32)28-20(30)7-6-18-13-21(34-10-9-33-3)27-29(18)14-16-4-5-17(12-19(16)23)22(24,25)26/h4-7,12-13,15H,8-11,14H2,1-3H3,(H,28,30). The zero-order valence-corrected chi connectivity index (χ0v) is 21.0. The number of hydrogen-bond acceptors (Lipinski definition) is 6. The van der Waals surface area contributed by atoms with Gasteiger partial charge in [-0.3, -0.25) is 9.48 Å². The molecule has 0 aliphatic heterocycles. The van der Waals surface area contributed by atoms with Crippen LogP contribution in [0.3, 0.4) is 0 Å². The molecule has 1 amide bonds. The summed E-state index contributed by atoms with van der Waals surface area (Å²) >= 11 is 6.06. The first kappa shape index (κ1) is 28.7. The molecule has 0 aliphatic carbocycles. The van der Waals surface area contributed by atoms with Crippen LogP contribution in [0.5, 0.6) is 5.88 Å². The molecule has 0 radical (unpaired) electrons. The van der Waals surface area contributed by atoms with Crippen molar-refractivity contribution in [2.45, 2.75) is 33.0 Å². The molecule has 0 unspecified atom stereocenters. The monoisotopic (exact) mass is 537 g/mol. The van der Waals surface area contributed by atoms with E-state index in [1.807, 2.05) is 18.6 Å². The Morgan fingerprint density at radius 1 is 1.26 bits per heavy atom. The summed E-state index contributed by atoms with van der Waals surface area (Å²) in [7, 11) is -2.30. The number of aromatic nitrogens is 2. The van der Waals surface area contributed by atoms with Gasteiger partial charge in [-0.05, 0) is 36.1 Å². The first-order valence-corrected chi connectivity index (χ1v) is 12.6. The van der Waals surface area contributed by atoms with Crippen molar-refractivity contribution in [3.63, 3.8) is 0 Å². The summed E-state index contributed by atoms with van der Waals surface area (Å²) in [5, 5.41) is 4.14. The van der Waals surface area contributed by atoms with Crippen LogP contribution in [0.1, 0.15) is 37.1 Å². The lowest BCUT2D eigenvalue weighted by Crippen LogP contribution is -2.31. The highest BCUT2D eigenvalue weighted by atomic mass is 35.5. The lowest BCUT2D eigenvalue weighted by Gasteiger charge is -2.11. The van der Waals surface area contributed by atoms with E-state index >= 15 is 0 Å². The van der Waals surface area contributed by atoms with E-state index in [9.17, 15) is 26.4 Å². The van der Waals surface area contributed by atoms with Gasteiger partial charge in [0.05, 0.1) is 30.2 Å². The number of rotatable bonds is 12. The number of nitrogens with one attached hydrogen (secondary N) is 1. The van der Waals surface area contributed by atoms with Crippen LogP contribution >= 0.6 is 11.6 Å². The summed E-state index contributed by atoms with van der Waals surface area (Å²) in [5.74, 6) is -0.711. The zero-order valence-electron chi connectivity index (χ0n) is 19.4. The van der Waals surface area contributed by atoms with Crippen molar-refractivity contribution < 1.29 is 35.9 Å². The highest BCUT2D eigenvalue weighted by molar-refractivity contribution is 7.90. The third-order valence-electron chi connectivity index (χ3n) is 4.65. The Morgan fingerprint density at radius 3 is 2.57 bits per heavy atom. The number of ether oxygens (including phenoxy) is 2. The summed E-state index contributed by atoms with van der Waals surface area (Å²) in [6.07, 6.45) is -1.79. The van der Waals surface area contributed by atoms with E-state index in [-0.39, 0.29) is 35.7 Å². The van der Waals surface area contributed by atoms with Crippen LogP contribution in [0.4, 0.5) is 13.2 Å². The Hall–Kier alpha value is -2.57. The maximum atomic E-state index is 12.9. The molecule has 13 heteroatoms. The fourth-order valence-electron chi connectivity index (χ4n) is 2.77. The molecule has 0 saturated heterocycles. The van der Waals surface area contributed by atoms with Gasteiger partial charge in [0.2, 0.25) is 15.9 Å². The number of amides is 1. The highest BCUT2D eigenvalue weighted by Crippen LogP contribution is 2.32. The number of benzene rings is 1. The van der Waals surface area contributed by atoms with Gasteiger partial charge in [-0.25, -0.2) is 13.1 Å². The number of hydrogen-bond donors (Lipinski definition) is 1. The number of carbonyl (C=O) groups excluding carboxylic acids is 1. The Bertz CT molecular complexity index is 1150. The van der Waals surface area contributed by atoms with Gasteiger partial charge >= 0.3 is 6.18 Å². The molecule has 35 heavy (non-hydrogen) atoms. The summed E-state index contributed by atoms with van der Waals surface area (Å²) in [4.78, 5) is 12.2. The Balaban J connectivity index is 2.24. The number of nitrogens with zero attached hydrogens (tertiary/aromatic N) is 2. The average molecular weight is 538 g/mol. The topological polar surface area (TPSA) is 99.5 Å². The molecule has 0 bridgehead atoms. The molecule has 0 spiro atoms. The smallest absolute Gasteiger partial charge is 0.416 e. The fraction of sp³-hybridized carbons (Fsp3) is 0.455. The zero-order chi connectivity index (χ0) is 26.2. The van der Waals surface area contributed by atoms with Gasteiger partial charge in [0.15, 0.2) is 0 Å². The van der Waals surface area contributed by atoms with Crippen molar-refractivity contribution in [1.82, 2.24) is 14.5 Å². The minimum atomic E-state index is -4.53. The molecule has 1 heterocycles. The summed E-state index contributed by atoms with van der Waals surface area (Å²) in [5.41, 5.74) is -0.199. The van der Waals surface area contributed by atoms with Gasteiger partial charge in [0, 0.05) is 24.3 Å². The van der Waals surface area contributed by atoms with Crippen LogP contribution in [0.25, 0.3) is 6.08 Å². The lowest BCUT2D eigenvalue weighted by molar-refractivity contribution is -0.137. The van der Waals surface area contributed by atoms with Crippen LogP contribution in [0.15, 0.2) is 30.3 Å². The van der Waals surface area contributed by atoms with Gasteiger partial charge in [0.1, 0.15) is 6.61 Å². The minimum Gasteiger partial charge on any atom is -0.474 e. The van der Waals surface area contributed by atoms with Crippen LogP contribution < -0.4 is 9.46 Å². The van der Waals surface area contributed by atoms with Crippen LogP contribution in [-0.2, 0) is 32.3 Å². The molecule has 0 aliphatic rings. The van der Waals surface area contributed by atoms with Crippen molar-refractivity contribution >= 4 is 33.6 Å². The maximum absolute atomic E-state index is 12.9. The third-order valence-corrected chi connectivity index (χ3v) is 6.29. The fourth-order valence-corrected chi connectivity index (χ4v) is 4.27. The number of sulfonamides is 1. The van der Waals surface area contributed by atoms with Crippen LogP contribution in [-0.4, -0.2) is 50.2 Å². The largest absolute Gasteiger partial charge is 0.474 e. The molecule has 8 nitrogen and oxygen atoms in total. The molecule has 1 aromatic carbocycles. The van der Waals surface area contributed by atoms with E-state index in [4.69, 9.17) is 21.1 Å². The minimum absolute atomic E-state index is 0.0292. The molecular formula is C22H27ClF3N3O5S. The maximum Gasteiger partial charge on any atom is 0.416 e. The summed E-state index contributed by atoms with van der Waals surface area (Å²) in [6, 6.07) is 4.46. The van der Waals surface area contributed by atoms with E-state index in [1.165, 1.54) is 30.0 Å². The third kappa shape index (κ3) is 9.54. The quantitative estimate of drug-likeness (QED) is 0.323. The normalized spacial score (nSPS) is 12.5. The van der Waals surface area contributed by atoms with Gasteiger partial charge in [-0.1, -0.05) is 31.5 Å². The second-order valence-electron chi connectivity index (χ2n) is 8.01. The van der Waals surface area contributed by atoms with E-state index in [0.717, 1.165) is 18.2 Å². The molecule has 0 atom stereocenters. The summed E-state index contributed by atoms with van der Waals surface area (Å²) in [6.45, 7) is 4.19. The number of carbonyl (C=O) groups is 1. The highest BCUT2D eigenvalue weighted by Gasteiger charge is 2.31. The first-order valence-electron chi connectivity index (χ1n) is 10.6. The van der Waals surface area contributed by atoms with Gasteiger partial charge in [-0.15, -0.1) is 5.10 Å². The van der Waals surface area contributed by atoms with Crippen LogP contribution in [0, 0.1) is 5.92 Å². The predicted molar refractivity (Wildman–Crippen MR) is 126 cm³/mol. The molecule has 2 aromatic rings. The molecular weight excluding hydrogens is 511 g/mol. The van der Waals surface area contributed by atoms with Crippen molar-refractivity contribution in [2.24, 2.45) is 5.92 Å².